The molecule has 3 aromatic carbocycles. The van der Waals surface area contributed by atoms with E-state index in [0.29, 0.717) is 5.71 Å². The summed E-state index contributed by atoms with van der Waals surface area (Å²) in [5, 5.41) is 4.07. The lowest BCUT2D eigenvalue weighted by Gasteiger charge is -2.17. The van der Waals surface area contributed by atoms with E-state index >= 15 is 0 Å². The normalized spacial score (nSPS) is 11.1. The molecule has 5 heteroatoms. The van der Waals surface area contributed by atoms with Crippen molar-refractivity contribution in [3.63, 3.8) is 0 Å². The second-order valence-corrected chi connectivity index (χ2v) is 7.09. The van der Waals surface area contributed by atoms with Crippen LogP contribution in [0.2, 0.25) is 0 Å². The van der Waals surface area contributed by atoms with Gasteiger partial charge in [0.25, 0.3) is 0 Å². The molecule has 0 radical (unpaired) electrons. The predicted molar refractivity (Wildman–Crippen MR) is 121 cm³/mol. The van der Waals surface area contributed by atoms with Crippen molar-refractivity contribution < 1.29 is 9.59 Å². The van der Waals surface area contributed by atoms with Crippen LogP contribution in [0.4, 0.5) is 5.69 Å². The zero-order valence-electron chi connectivity index (χ0n) is 17.2. The second-order valence-electron chi connectivity index (χ2n) is 7.09. The van der Waals surface area contributed by atoms with E-state index in [0.717, 1.165) is 22.4 Å². The molecule has 1 N–H and O–H groups in total. The molecule has 0 spiro atoms. The third-order valence-electron chi connectivity index (χ3n) is 4.72. The number of hydrogen-bond donors (Lipinski definition) is 1. The van der Waals surface area contributed by atoms with Crippen molar-refractivity contribution in [2.24, 2.45) is 5.10 Å². The van der Waals surface area contributed by atoms with E-state index in [1.807, 2.05) is 72.8 Å². The molecule has 0 heterocycles. The number of hydrazone groups is 1. The summed E-state index contributed by atoms with van der Waals surface area (Å²) < 4.78 is 0. The van der Waals surface area contributed by atoms with E-state index in [9.17, 15) is 9.59 Å². The van der Waals surface area contributed by atoms with Crippen LogP contribution >= 0.6 is 0 Å². The summed E-state index contributed by atoms with van der Waals surface area (Å²) in [5.41, 5.74) is 7.06. The molecule has 30 heavy (non-hydrogen) atoms. The number of carbonyl (C=O) groups is 2. The summed E-state index contributed by atoms with van der Waals surface area (Å²) in [5.74, 6) is -0.307. The van der Waals surface area contributed by atoms with Gasteiger partial charge in [-0.1, -0.05) is 72.8 Å². The first kappa shape index (κ1) is 21.0. The number of hydrogen-bond acceptors (Lipinski definition) is 3. The lowest BCUT2D eigenvalue weighted by atomic mass is 10.0. The van der Waals surface area contributed by atoms with Gasteiger partial charge in [0.15, 0.2) is 0 Å². The molecule has 0 aromatic heterocycles. The minimum atomic E-state index is -0.217. The first-order chi connectivity index (χ1) is 14.5. The molecule has 0 unspecified atom stereocenters. The number of rotatable bonds is 7. The molecule has 0 saturated carbocycles. The van der Waals surface area contributed by atoms with E-state index in [4.69, 9.17) is 0 Å². The molecule has 0 bridgehead atoms. The van der Waals surface area contributed by atoms with Crippen molar-refractivity contribution in [2.45, 2.75) is 19.8 Å². The highest BCUT2D eigenvalue weighted by Gasteiger charge is 2.12. The maximum Gasteiger partial charge on any atom is 0.244 e. The smallest absolute Gasteiger partial charge is 0.244 e. The third-order valence-corrected chi connectivity index (χ3v) is 4.72. The highest BCUT2D eigenvalue weighted by molar-refractivity contribution is 6.06. The maximum atomic E-state index is 12.4. The van der Waals surface area contributed by atoms with Crippen LogP contribution in [0.1, 0.15) is 18.9 Å². The van der Waals surface area contributed by atoms with E-state index in [-0.39, 0.29) is 24.7 Å². The van der Waals surface area contributed by atoms with Crippen LogP contribution in [0.15, 0.2) is 90.0 Å². The van der Waals surface area contributed by atoms with Crippen LogP contribution in [-0.4, -0.2) is 24.6 Å². The standard InChI is InChI=1S/C25H25N3O2/c1-19(17-25(30)28(2)23-11-7-4-8-12-23)26-27-24(29)18-20-13-15-22(16-14-20)21-9-5-3-6-10-21/h3-16H,17-18H2,1-2H3,(H,27,29). The topological polar surface area (TPSA) is 61.8 Å². The fourth-order valence-corrected chi connectivity index (χ4v) is 3.00. The van der Waals surface area contributed by atoms with Crippen LogP contribution in [-0.2, 0) is 16.0 Å². The molecule has 152 valence electrons. The molecule has 0 saturated heterocycles. The van der Waals surface area contributed by atoms with E-state index in [1.165, 1.54) is 0 Å². The molecule has 5 nitrogen and oxygen atoms in total. The Hall–Kier alpha value is -3.73. The second kappa shape index (κ2) is 10.2. The summed E-state index contributed by atoms with van der Waals surface area (Å²) in [4.78, 5) is 26.1. The molecule has 0 fully saturated rings. The fraction of sp³-hybridized carbons (Fsp3) is 0.160. The zero-order valence-corrected chi connectivity index (χ0v) is 17.2. The summed E-state index contributed by atoms with van der Waals surface area (Å²) >= 11 is 0. The number of amides is 2. The lowest BCUT2D eigenvalue weighted by Crippen LogP contribution is -2.28. The number of nitrogens with one attached hydrogen (secondary N) is 1. The predicted octanol–water partition coefficient (Wildman–Crippen LogP) is 4.44. The first-order valence-electron chi connectivity index (χ1n) is 9.81. The lowest BCUT2D eigenvalue weighted by molar-refractivity contribution is -0.120. The molecule has 0 aliphatic heterocycles. The Labute approximate surface area is 177 Å². The van der Waals surface area contributed by atoms with Gasteiger partial charge < -0.3 is 4.90 Å². The van der Waals surface area contributed by atoms with Gasteiger partial charge in [-0.05, 0) is 35.7 Å². The van der Waals surface area contributed by atoms with Crippen molar-refractivity contribution in [1.82, 2.24) is 5.43 Å². The van der Waals surface area contributed by atoms with Gasteiger partial charge in [-0.3, -0.25) is 9.59 Å². The Morgan fingerprint density at radius 2 is 1.40 bits per heavy atom. The van der Waals surface area contributed by atoms with Crippen molar-refractivity contribution in [1.29, 1.82) is 0 Å². The number of para-hydroxylation sites is 1. The zero-order chi connectivity index (χ0) is 21.3. The van der Waals surface area contributed by atoms with Gasteiger partial charge in [0, 0.05) is 18.4 Å². The third kappa shape index (κ3) is 5.88. The Morgan fingerprint density at radius 1 is 0.833 bits per heavy atom. The largest absolute Gasteiger partial charge is 0.315 e. The SMILES string of the molecule is CC(CC(=O)N(C)c1ccccc1)=NNC(=O)Cc1ccc(-c2ccccc2)cc1. The summed E-state index contributed by atoms with van der Waals surface area (Å²) in [6, 6.07) is 27.4. The van der Waals surface area contributed by atoms with Crippen molar-refractivity contribution in [2.75, 3.05) is 11.9 Å². The molecule has 0 aliphatic rings. The highest BCUT2D eigenvalue weighted by Crippen LogP contribution is 2.19. The molecular formula is C25H25N3O2. The number of carbonyl (C=O) groups excluding carboxylic acids is 2. The average molecular weight is 399 g/mol. The minimum Gasteiger partial charge on any atom is -0.315 e. The van der Waals surface area contributed by atoms with Gasteiger partial charge in [-0.15, -0.1) is 0 Å². The Kier molecular flexibility index (Phi) is 7.11. The van der Waals surface area contributed by atoms with E-state index in [1.54, 1.807) is 18.9 Å². The van der Waals surface area contributed by atoms with Crippen LogP contribution < -0.4 is 10.3 Å². The first-order valence-corrected chi connectivity index (χ1v) is 9.81. The van der Waals surface area contributed by atoms with Gasteiger partial charge in [-0.2, -0.15) is 5.10 Å². The van der Waals surface area contributed by atoms with Gasteiger partial charge in [0.1, 0.15) is 0 Å². The molecule has 2 amide bonds. The number of anilines is 1. The monoisotopic (exact) mass is 399 g/mol. The summed E-state index contributed by atoms with van der Waals surface area (Å²) in [6.07, 6.45) is 0.362. The van der Waals surface area contributed by atoms with E-state index < -0.39 is 0 Å². The van der Waals surface area contributed by atoms with Gasteiger partial charge >= 0.3 is 0 Å². The van der Waals surface area contributed by atoms with Crippen LogP contribution in [0.5, 0.6) is 0 Å². The number of nitrogens with zero attached hydrogens (tertiary/aromatic N) is 2. The maximum absolute atomic E-state index is 12.4. The molecule has 3 rings (SSSR count). The molecule has 0 aliphatic carbocycles. The molecular weight excluding hydrogens is 374 g/mol. The molecule has 0 atom stereocenters. The number of benzene rings is 3. The van der Waals surface area contributed by atoms with Gasteiger partial charge in [-0.25, -0.2) is 5.43 Å². The summed E-state index contributed by atoms with van der Waals surface area (Å²) in [6.45, 7) is 1.73. The Morgan fingerprint density at radius 3 is 2.03 bits per heavy atom. The van der Waals surface area contributed by atoms with Crippen LogP contribution in [0.25, 0.3) is 11.1 Å². The quantitative estimate of drug-likeness (QED) is 0.472. The highest BCUT2D eigenvalue weighted by atomic mass is 16.2. The molecule has 3 aromatic rings. The van der Waals surface area contributed by atoms with Crippen molar-refractivity contribution in [3.05, 3.63) is 90.5 Å². The van der Waals surface area contributed by atoms with E-state index in [2.05, 4.69) is 22.7 Å². The summed E-state index contributed by atoms with van der Waals surface area (Å²) in [7, 11) is 1.72. The fourth-order valence-electron chi connectivity index (χ4n) is 3.00. The van der Waals surface area contributed by atoms with Gasteiger partial charge in [0.2, 0.25) is 11.8 Å². The van der Waals surface area contributed by atoms with Crippen molar-refractivity contribution >= 4 is 23.2 Å². The minimum absolute atomic E-state index is 0.0896. The Balaban J connectivity index is 1.50. The van der Waals surface area contributed by atoms with Crippen LogP contribution in [0.3, 0.4) is 0 Å². The van der Waals surface area contributed by atoms with Crippen molar-refractivity contribution in [3.8, 4) is 11.1 Å². The van der Waals surface area contributed by atoms with Gasteiger partial charge in [0.05, 0.1) is 12.8 Å². The Bertz CT molecular complexity index is 1010. The van der Waals surface area contributed by atoms with Crippen LogP contribution in [0, 0.1) is 0 Å². The average Bonchev–Trinajstić information content (AvgIpc) is 2.79.